The molecule has 1 unspecified atom stereocenters. The van der Waals surface area contributed by atoms with E-state index in [1.807, 2.05) is 6.92 Å². The van der Waals surface area contributed by atoms with Crippen LogP contribution in [-0.4, -0.2) is 0 Å². The molecule has 0 nitrogen and oxygen atoms in total. The molecular weight excluding hydrogens is 72.1 g/mol. The van der Waals surface area contributed by atoms with Crippen LogP contribution in [0.25, 0.3) is 0 Å². The Morgan fingerprint density at radius 3 is 2.50 bits per heavy atom. The minimum Gasteiger partial charge on any atom is -0.518 e. The fourth-order valence-electron chi connectivity index (χ4n) is 0.232. The second-order valence-electron chi connectivity index (χ2n) is 1.58. The lowest BCUT2D eigenvalue weighted by Crippen LogP contribution is -1.79. The zero-order valence-electron chi connectivity index (χ0n) is 4.15. The van der Waals surface area contributed by atoms with Crippen molar-refractivity contribution in [2.75, 3.05) is 0 Å². The Hall–Kier alpha value is -0.260. The Morgan fingerprint density at radius 1 is 2.00 bits per heavy atom. The van der Waals surface area contributed by atoms with Gasteiger partial charge in [-0.1, -0.05) is 13.3 Å². The Kier molecular flexibility index (Phi) is 2.82. The van der Waals surface area contributed by atoms with Gasteiger partial charge in [0.15, 0.2) is 0 Å². The first kappa shape index (κ1) is 5.74. The van der Waals surface area contributed by atoms with Crippen molar-refractivity contribution in [1.82, 2.24) is 0 Å². The molecular formula is C6H10-2. The molecule has 0 spiro atoms. The van der Waals surface area contributed by atoms with Gasteiger partial charge in [-0.05, 0) is 0 Å². The molecule has 6 heavy (non-hydrogen) atoms. The van der Waals surface area contributed by atoms with Crippen LogP contribution >= 0.6 is 0 Å². The number of rotatable bonds is 2. The van der Waals surface area contributed by atoms with Gasteiger partial charge in [-0.2, -0.15) is 5.92 Å². The number of allylic oxidation sites excluding steroid dienone is 1. The molecule has 0 bridgehead atoms. The van der Waals surface area contributed by atoms with Gasteiger partial charge in [0, 0.05) is 0 Å². The predicted molar refractivity (Wildman–Crippen MR) is 28.0 cm³/mol. The lowest BCUT2D eigenvalue weighted by Gasteiger charge is -2.05. The standard InChI is InChI=1S/C6H10/c1-4-5-6(2)3/h1,4,6H,2,5H2,3H3/q-2. The molecule has 0 saturated heterocycles. The van der Waals surface area contributed by atoms with Crippen LogP contribution in [0.1, 0.15) is 13.3 Å². The van der Waals surface area contributed by atoms with E-state index in [9.17, 15) is 0 Å². The molecule has 0 N–H and O–H groups in total. The molecule has 1 atom stereocenters. The maximum atomic E-state index is 5.06. The zero-order chi connectivity index (χ0) is 4.99. The first-order valence-corrected chi connectivity index (χ1v) is 2.14. The highest BCUT2D eigenvalue weighted by Crippen LogP contribution is 1.96. The third-order valence-electron chi connectivity index (χ3n) is 0.538. The Bertz CT molecular complexity index is 35.3. The summed E-state index contributed by atoms with van der Waals surface area (Å²) < 4.78 is 0. The van der Waals surface area contributed by atoms with Crippen molar-refractivity contribution in [3.8, 4) is 0 Å². The highest BCUT2D eigenvalue weighted by Gasteiger charge is 1.70. The van der Waals surface area contributed by atoms with Crippen LogP contribution in [0.3, 0.4) is 0 Å². The fraction of sp³-hybridized carbons (Fsp3) is 0.500. The van der Waals surface area contributed by atoms with Crippen molar-refractivity contribution < 1.29 is 0 Å². The van der Waals surface area contributed by atoms with E-state index in [2.05, 4.69) is 6.92 Å². The first-order valence-electron chi connectivity index (χ1n) is 2.14. The summed E-state index contributed by atoms with van der Waals surface area (Å²) in [6.45, 7) is 10.8. The van der Waals surface area contributed by atoms with Crippen molar-refractivity contribution in [2.24, 2.45) is 5.92 Å². The largest absolute Gasteiger partial charge is 0.518 e. The number of hydrogen-bond acceptors (Lipinski definition) is 0. The summed E-state index contributed by atoms with van der Waals surface area (Å²) in [4.78, 5) is 0. The van der Waals surface area contributed by atoms with Gasteiger partial charge >= 0.3 is 0 Å². The molecule has 0 aromatic rings. The molecule has 0 radical (unpaired) electrons. The van der Waals surface area contributed by atoms with E-state index >= 15 is 0 Å². The molecule has 0 fully saturated rings. The highest BCUT2D eigenvalue weighted by molar-refractivity contribution is 4.67. The Morgan fingerprint density at radius 2 is 2.50 bits per heavy atom. The Balaban J connectivity index is 2.81. The average Bonchev–Trinajstić information content (AvgIpc) is 1.35. The van der Waals surface area contributed by atoms with Gasteiger partial charge in [-0.15, -0.1) is 0 Å². The molecule has 0 saturated carbocycles. The normalized spacial score (nSPS) is 13.7. The number of hydrogen-bond donors (Lipinski definition) is 0. The van der Waals surface area contributed by atoms with Gasteiger partial charge in [0.1, 0.15) is 0 Å². The quantitative estimate of drug-likeness (QED) is 0.446. The zero-order valence-corrected chi connectivity index (χ0v) is 4.15. The summed E-state index contributed by atoms with van der Waals surface area (Å²) >= 11 is 0. The minimum absolute atomic E-state index is 0.468. The average molecular weight is 82.1 g/mol. The van der Waals surface area contributed by atoms with E-state index < -0.39 is 0 Å². The maximum Gasteiger partial charge on any atom is -0.0898 e. The monoisotopic (exact) mass is 82.1 g/mol. The van der Waals surface area contributed by atoms with Gasteiger partial charge in [-0.25, -0.2) is 0 Å². The molecule has 0 amide bonds. The van der Waals surface area contributed by atoms with Crippen molar-refractivity contribution in [2.45, 2.75) is 13.3 Å². The molecule has 0 heterocycles. The summed E-state index contributed by atoms with van der Waals surface area (Å²) in [7, 11) is 0. The predicted octanol–water partition coefficient (Wildman–Crippen LogP) is 1.84. The molecule has 0 heteroatoms. The summed E-state index contributed by atoms with van der Waals surface area (Å²) in [5.74, 6) is 0.468. The molecule has 0 aliphatic heterocycles. The molecule has 0 aromatic carbocycles. The van der Waals surface area contributed by atoms with E-state index in [0.29, 0.717) is 5.92 Å². The van der Waals surface area contributed by atoms with Crippen LogP contribution in [0.15, 0.2) is 6.08 Å². The van der Waals surface area contributed by atoms with Crippen molar-refractivity contribution in [1.29, 1.82) is 0 Å². The third-order valence-corrected chi connectivity index (χ3v) is 0.538. The first-order chi connectivity index (χ1) is 2.77. The van der Waals surface area contributed by atoms with Crippen LogP contribution in [0.5, 0.6) is 0 Å². The topological polar surface area (TPSA) is 0 Å². The van der Waals surface area contributed by atoms with E-state index in [-0.39, 0.29) is 0 Å². The SMILES string of the molecule is [CH-]=CCC([CH2-])C. The summed E-state index contributed by atoms with van der Waals surface area (Å²) in [6, 6.07) is 0. The minimum atomic E-state index is 0.468. The summed E-state index contributed by atoms with van der Waals surface area (Å²) in [5, 5.41) is 0. The van der Waals surface area contributed by atoms with Gasteiger partial charge in [0.25, 0.3) is 0 Å². The van der Waals surface area contributed by atoms with Crippen LogP contribution in [0.4, 0.5) is 0 Å². The van der Waals surface area contributed by atoms with Gasteiger partial charge in [0.2, 0.25) is 0 Å². The van der Waals surface area contributed by atoms with Crippen molar-refractivity contribution in [3.63, 3.8) is 0 Å². The van der Waals surface area contributed by atoms with E-state index in [1.54, 1.807) is 6.08 Å². The fourth-order valence-corrected chi connectivity index (χ4v) is 0.232. The molecule has 0 aliphatic carbocycles. The highest BCUT2D eigenvalue weighted by atomic mass is 13.9. The smallest absolute Gasteiger partial charge is 0.0898 e. The second kappa shape index (κ2) is 2.95. The van der Waals surface area contributed by atoms with Crippen LogP contribution < -0.4 is 0 Å². The van der Waals surface area contributed by atoms with Gasteiger partial charge in [0.05, 0.1) is 0 Å². The molecule has 0 aliphatic rings. The summed E-state index contributed by atoms with van der Waals surface area (Å²) in [6.07, 6.45) is 2.55. The van der Waals surface area contributed by atoms with Crippen LogP contribution in [0, 0.1) is 19.4 Å². The van der Waals surface area contributed by atoms with Crippen molar-refractivity contribution >= 4 is 0 Å². The molecule has 36 valence electrons. The second-order valence-corrected chi connectivity index (χ2v) is 1.58. The van der Waals surface area contributed by atoms with E-state index in [1.165, 1.54) is 0 Å². The van der Waals surface area contributed by atoms with E-state index in [0.717, 1.165) is 6.42 Å². The van der Waals surface area contributed by atoms with Crippen LogP contribution in [0.2, 0.25) is 0 Å². The lowest BCUT2D eigenvalue weighted by atomic mass is 10.1. The summed E-state index contributed by atoms with van der Waals surface area (Å²) in [5.41, 5.74) is 0. The lowest BCUT2D eigenvalue weighted by molar-refractivity contribution is 0.740. The van der Waals surface area contributed by atoms with Gasteiger partial charge in [-0.3, -0.25) is 6.08 Å². The third kappa shape index (κ3) is 3.74. The van der Waals surface area contributed by atoms with E-state index in [4.69, 9.17) is 6.58 Å². The van der Waals surface area contributed by atoms with Crippen molar-refractivity contribution in [3.05, 3.63) is 19.6 Å². The molecule has 0 aromatic heterocycles. The van der Waals surface area contributed by atoms with Crippen LogP contribution in [-0.2, 0) is 0 Å². The maximum absolute atomic E-state index is 5.06. The molecule has 0 rings (SSSR count). The van der Waals surface area contributed by atoms with Gasteiger partial charge < -0.3 is 13.5 Å². The Labute approximate surface area is 39.9 Å².